The van der Waals surface area contributed by atoms with Gasteiger partial charge in [0, 0.05) is 13.1 Å². The molecule has 1 amide bonds. The number of likely N-dealkylation sites (N-methyl/N-ethyl adjacent to an activating group) is 1. The number of anilines is 1. The van der Waals surface area contributed by atoms with E-state index in [2.05, 4.69) is 0 Å². The van der Waals surface area contributed by atoms with Crippen molar-refractivity contribution in [1.29, 1.82) is 0 Å². The highest BCUT2D eigenvalue weighted by Crippen LogP contribution is 2.40. The van der Waals surface area contributed by atoms with Crippen LogP contribution >= 0.6 is 11.6 Å². The molecule has 0 aliphatic carbocycles. The number of carboxylic acid groups (broad SMARTS) is 1. The van der Waals surface area contributed by atoms with Crippen LogP contribution in [-0.2, 0) is 15.8 Å². The zero-order chi connectivity index (χ0) is 19.9. The van der Waals surface area contributed by atoms with Crippen LogP contribution in [-0.4, -0.2) is 30.1 Å². The van der Waals surface area contributed by atoms with Gasteiger partial charge in [0.2, 0.25) is 0 Å². The molecule has 1 aliphatic rings. The summed E-state index contributed by atoms with van der Waals surface area (Å²) in [6.45, 7) is 0. The van der Waals surface area contributed by atoms with Crippen molar-refractivity contribution in [2.45, 2.75) is 12.3 Å². The molecule has 0 spiro atoms. The van der Waals surface area contributed by atoms with E-state index in [0.29, 0.717) is 5.69 Å². The van der Waals surface area contributed by atoms with Gasteiger partial charge in [0.05, 0.1) is 16.3 Å². The fourth-order valence-corrected chi connectivity index (χ4v) is 2.66. The molecule has 0 radical (unpaired) electrons. The summed E-state index contributed by atoms with van der Waals surface area (Å²) >= 11 is 5.85. The number of halogens is 4. The number of carboxylic acids is 1. The Hall–Kier alpha value is -2.94. The minimum absolute atomic E-state index is 0.0281. The first-order valence-corrected chi connectivity index (χ1v) is 7.81. The van der Waals surface area contributed by atoms with Gasteiger partial charge in [-0.2, -0.15) is 13.2 Å². The first-order chi connectivity index (χ1) is 12.6. The number of carbonyl (C=O) groups is 2. The van der Waals surface area contributed by atoms with Crippen LogP contribution in [0.3, 0.4) is 0 Å². The molecule has 3 rings (SSSR count). The van der Waals surface area contributed by atoms with Gasteiger partial charge < -0.3 is 19.5 Å². The topological polar surface area (TPSA) is 76.1 Å². The lowest BCUT2D eigenvalue weighted by Gasteiger charge is -2.30. The molecule has 0 aromatic heterocycles. The van der Waals surface area contributed by atoms with Gasteiger partial charge >= 0.3 is 12.1 Å². The Morgan fingerprint density at radius 3 is 2.56 bits per heavy atom. The number of fused-ring (bicyclic) bond motifs is 1. The number of nitrogens with zero attached hydrogens (tertiary/aromatic N) is 1. The molecule has 1 heterocycles. The Labute approximate surface area is 155 Å². The van der Waals surface area contributed by atoms with Crippen molar-refractivity contribution in [3.8, 4) is 17.2 Å². The summed E-state index contributed by atoms with van der Waals surface area (Å²) in [5, 5.41) is 8.82. The number of carbonyl (C=O) groups excluding carboxylic acids is 1. The van der Waals surface area contributed by atoms with E-state index in [1.165, 1.54) is 25.2 Å². The summed E-state index contributed by atoms with van der Waals surface area (Å²) in [5.74, 6) is -2.00. The number of amides is 1. The molecule has 2 aromatic rings. The Morgan fingerprint density at radius 1 is 1.26 bits per heavy atom. The predicted octanol–water partition coefficient (Wildman–Crippen LogP) is 3.96. The number of hydrogen-bond acceptors (Lipinski definition) is 4. The number of hydrogen-bond donors (Lipinski definition) is 1. The summed E-state index contributed by atoms with van der Waals surface area (Å²) in [6.07, 6.45) is -6.24. The standard InChI is InChI=1S/C17H11ClF3NO5/c1-22-11-4-3-9(7-13(11)27-14(15(22)23)16(24)25)26-12-5-2-8(6-10(12)18)17(19,20)21/h2-7,14H,1H3,(H,24,25). The Kier molecular flexibility index (Phi) is 4.64. The van der Waals surface area contributed by atoms with Crippen molar-refractivity contribution >= 4 is 29.2 Å². The normalized spacial score (nSPS) is 16.6. The zero-order valence-corrected chi connectivity index (χ0v) is 14.3. The van der Waals surface area contributed by atoms with Gasteiger partial charge in [-0.1, -0.05) is 11.6 Å². The quantitative estimate of drug-likeness (QED) is 0.788. The van der Waals surface area contributed by atoms with Crippen molar-refractivity contribution < 1.29 is 37.3 Å². The second-order valence-corrected chi connectivity index (χ2v) is 6.02. The fourth-order valence-electron chi connectivity index (χ4n) is 2.44. The maximum Gasteiger partial charge on any atom is 0.416 e. The van der Waals surface area contributed by atoms with Gasteiger partial charge in [0.1, 0.15) is 17.2 Å². The molecule has 0 bridgehead atoms. The van der Waals surface area contributed by atoms with Gasteiger partial charge in [-0.3, -0.25) is 4.79 Å². The molecule has 1 N–H and O–H groups in total. The third-order valence-electron chi connectivity index (χ3n) is 3.80. The fraction of sp³-hybridized carbons (Fsp3) is 0.176. The zero-order valence-electron chi connectivity index (χ0n) is 13.6. The molecule has 27 heavy (non-hydrogen) atoms. The van der Waals surface area contributed by atoms with Crippen molar-refractivity contribution in [1.82, 2.24) is 0 Å². The lowest BCUT2D eigenvalue weighted by Crippen LogP contribution is -2.48. The molecule has 142 valence electrons. The van der Waals surface area contributed by atoms with Gasteiger partial charge in [0.25, 0.3) is 12.0 Å². The monoisotopic (exact) mass is 401 g/mol. The second-order valence-electron chi connectivity index (χ2n) is 5.61. The predicted molar refractivity (Wildman–Crippen MR) is 88.4 cm³/mol. The van der Waals surface area contributed by atoms with Crippen molar-refractivity contribution in [2.24, 2.45) is 0 Å². The van der Waals surface area contributed by atoms with Gasteiger partial charge in [-0.25, -0.2) is 4.79 Å². The molecular formula is C17H11ClF3NO5. The van der Waals surface area contributed by atoms with Crippen LogP contribution in [0.15, 0.2) is 36.4 Å². The summed E-state index contributed by atoms with van der Waals surface area (Å²) < 4.78 is 48.7. The summed E-state index contributed by atoms with van der Waals surface area (Å²) in [4.78, 5) is 24.2. The Bertz CT molecular complexity index is 931. The molecule has 0 saturated carbocycles. The first kappa shape index (κ1) is 18.8. The van der Waals surface area contributed by atoms with Crippen molar-refractivity contribution in [3.05, 3.63) is 47.0 Å². The van der Waals surface area contributed by atoms with E-state index in [0.717, 1.165) is 23.1 Å². The summed E-state index contributed by atoms with van der Waals surface area (Å²) in [6, 6.07) is 6.85. The summed E-state index contributed by atoms with van der Waals surface area (Å²) in [7, 11) is 1.40. The number of aliphatic carboxylic acids is 1. The molecule has 1 atom stereocenters. The molecule has 10 heteroatoms. The molecule has 1 aliphatic heterocycles. The van der Waals surface area contributed by atoms with E-state index < -0.39 is 29.7 Å². The van der Waals surface area contributed by atoms with Crippen molar-refractivity contribution in [2.75, 3.05) is 11.9 Å². The van der Waals surface area contributed by atoms with Crippen molar-refractivity contribution in [3.63, 3.8) is 0 Å². The van der Waals surface area contributed by atoms with Crippen LogP contribution in [0.5, 0.6) is 17.2 Å². The number of benzene rings is 2. The SMILES string of the molecule is CN1C(=O)C(C(=O)O)Oc2cc(Oc3ccc(C(F)(F)F)cc3Cl)ccc21. The molecule has 0 saturated heterocycles. The second kappa shape index (κ2) is 6.66. The first-order valence-electron chi connectivity index (χ1n) is 7.43. The van der Waals surface area contributed by atoms with E-state index in [4.69, 9.17) is 26.2 Å². The third kappa shape index (κ3) is 3.63. The van der Waals surface area contributed by atoms with Crippen LogP contribution < -0.4 is 14.4 Å². The maximum atomic E-state index is 12.7. The highest BCUT2D eigenvalue weighted by atomic mass is 35.5. The third-order valence-corrected chi connectivity index (χ3v) is 4.10. The molecule has 1 unspecified atom stereocenters. The van der Waals surface area contributed by atoms with Crippen LogP contribution in [0.4, 0.5) is 18.9 Å². The van der Waals surface area contributed by atoms with Crippen LogP contribution in [0, 0.1) is 0 Å². The average molecular weight is 402 g/mol. The number of rotatable bonds is 3. The molecule has 0 fully saturated rings. The molecular weight excluding hydrogens is 391 g/mol. The Balaban J connectivity index is 1.89. The highest BCUT2D eigenvalue weighted by Gasteiger charge is 2.37. The average Bonchev–Trinajstić information content (AvgIpc) is 2.58. The van der Waals surface area contributed by atoms with E-state index in [1.54, 1.807) is 0 Å². The van der Waals surface area contributed by atoms with Crippen LogP contribution in [0.25, 0.3) is 0 Å². The number of ether oxygens (including phenoxy) is 2. The smallest absolute Gasteiger partial charge is 0.416 e. The van der Waals surface area contributed by atoms with E-state index in [1.807, 2.05) is 0 Å². The minimum Gasteiger partial charge on any atom is -0.478 e. The molecule has 2 aromatic carbocycles. The lowest BCUT2D eigenvalue weighted by molar-refractivity contribution is -0.150. The Morgan fingerprint density at radius 2 is 1.96 bits per heavy atom. The molecule has 6 nitrogen and oxygen atoms in total. The van der Waals surface area contributed by atoms with Gasteiger partial charge in [-0.05, 0) is 30.3 Å². The van der Waals surface area contributed by atoms with E-state index in [9.17, 15) is 22.8 Å². The highest BCUT2D eigenvalue weighted by molar-refractivity contribution is 6.32. The summed E-state index contributed by atoms with van der Waals surface area (Å²) in [5.41, 5.74) is -0.596. The lowest BCUT2D eigenvalue weighted by atomic mass is 10.2. The number of alkyl halides is 3. The van der Waals surface area contributed by atoms with Gasteiger partial charge in [0.15, 0.2) is 0 Å². The van der Waals surface area contributed by atoms with Gasteiger partial charge in [-0.15, -0.1) is 0 Å². The maximum absolute atomic E-state index is 12.7. The van der Waals surface area contributed by atoms with E-state index >= 15 is 0 Å². The minimum atomic E-state index is -4.54. The van der Waals surface area contributed by atoms with Crippen LogP contribution in [0.2, 0.25) is 5.02 Å². The van der Waals surface area contributed by atoms with Crippen LogP contribution in [0.1, 0.15) is 5.56 Å². The largest absolute Gasteiger partial charge is 0.478 e. The van der Waals surface area contributed by atoms with E-state index in [-0.39, 0.29) is 22.3 Å².